The molecular formula is C14H9BrClN3. The van der Waals surface area contributed by atoms with E-state index < -0.39 is 0 Å². The molecule has 0 unspecified atom stereocenters. The van der Waals surface area contributed by atoms with E-state index in [0.29, 0.717) is 5.02 Å². The van der Waals surface area contributed by atoms with E-state index in [1.54, 1.807) is 12.4 Å². The minimum Gasteiger partial charge on any atom is -0.285 e. The smallest absolute Gasteiger partial charge is 0.114 e. The molecule has 0 aliphatic heterocycles. The van der Waals surface area contributed by atoms with Gasteiger partial charge in [-0.25, -0.2) is 4.98 Å². The highest BCUT2D eigenvalue weighted by Crippen LogP contribution is 2.36. The molecule has 0 amide bonds. The van der Waals surface area contributed by atoms with Gasteiger partial charge in [-0.3, -0.25) is 5.10 Å². The molecule has 0 fully saturated rings. The number of nitrogens with zero attached hydrogens (tertiary/aromatic N) is 2. The highest BCUT2D eigenvalue weighted by molar-refractivity contribution is 9.10. The molecule has 5 heteroatoms. The van der Waals surface area contributed by atoms with Crippen molar-refractivity contribution in [3.8, 4) is 22.3 Å². The summed E-state index contributed by atoms with van der Waals surface area (Å²) in [5.41, 5.74) is 4.09. The minimum atomic E-state index is 0.700. The van der Waals surface area contributed by atoms with E-state index in [0.717, 1.165) is 26.9 Å². The monoisotopic (exact) mass is 333 g/mol. The molecule has 0 aliphatic rings. The zero-order chi connectivity index (χ0) is 13.2. The Labute approximate surface area is 123 Å². The maximum absolute atomic E-state index is 6.07. The molecular weight excluding hydrogens is 326 g/mol. The van der Waals surface area contributed by atoms with Gasteiger partial charge in [0.2, 0.25) is 0 Å². The van der Waals surface area contributed by atoms with E-state index in [9.17, 15) is 0 Å². The fourth-order valence-electron chi connectivity index (χ4n) is 1.99. The van der Waals surface area contributed by atoms with Gasteiger partial charge in [0.25, 0.3) is 0 Å². The molecule has 2 heterocycles. The Hall–Kier alpha value is -1.65. The van der Waals surface area contributed by atoms with Crippen LogP contribution in [0.25, 0.3) is 22.3 Å². The zero-order valence-electron chi connectivity index (χ0n) is 9.77. The molecule has 0 saturated heterocycles. The average molecular weight is 335 g/mol. The second-order valence-corrected chi connectivity index (χ2v) is 5.21. The van der Waals surface area contributed by atoms with Crippen LogP contribution in [0.2, 0.25) is 5.02 Å². The fourth-order valence-corrected chi connectivity index (χ4v) is 2.74. The number of nitrogens with one attached hydrogen (secondary N) is 1. The van der Waals surface area contributed by atoms with Gasteiger partial charge in [0, 0.05) is 28.5 Å². The lowest BCUT2D eigenvalue weighted by Gasteiger charge is -2.10. The Morgan fingerprint density at radius 3 is 2.79 bits per heavy atom. The van der Waals surface area contributed by atoms with Crippen LogP contribution in [0.3, 0.4) is 0 Å². The van der Waals surface area contributed by atoms with Crippen molar-refractivity contribution in [1.29, 1.82) is 0 Å². The first kappa shape index (κ1) is 12.4. The first-order valence-electron chi connectivity index (χ1n) is 5.65. The topological polar surface area (TPSA) is 41.6 Å². The normalized spacial score (nSPS) is 10.6. The average Bonchev–Trinajstić information content (AvgIpc) is 2.92. The van der Waals surface area contributed by atoms with Crippen LogP contribution < -0.4 is 0 Å². The van der Waals surface area contributed by atoms with E-state index in [2.05, 4.69) is 31.1 Å². The third-order valence-electron chi connectivity index (χ3n) is 2.83. The Kier molecular flexibility index (Phi) is 3.36. The van der Waals surface area contributed by atoms with Gasteiger partial charge in [0.15, 0.2) is 0 Å². The first-order chi connectivity index (χ1) is 9.25. The number of hydrogen-bond acceptors (Lipinski definition) is 2. The van der Waals surface area contributed by atoms with Gasteiger partial charge in [-0.15, -0.1) is 0 Å². The van der Waals surface area contributed by atoms with Crippen LogP contribution in [-0.4, -0.2) is 15.2 Å². The van der Waals surface area contributed by atoms with Gasteiger partial charge in [0.05, 0.1) is 6.20 Å². The largest absolute Gasteiger partial charge is 0.285 e. The third-order valence-corrected chi connectivity index (χ3v) is 3.66. The van der Waals surface area contributed by atoms with Gasteiger partial charge in [0.1, 0.15) is 4.60 Å². The quantitative estimate of drug-likeness (QED) is 0.698. The van der Waals surface area contributed by atoms with Crippen molar-refractivity contribution in [1.82, 2.24) is 15.2 Å². The summed E-state index contributed by atoms with van der Waals surface area (Å²) in [5, 5.41) is 7.52. The van der Waals surface area contributed by atoms with Crippen LogP contribution in [-0.2, 0) is 0 Å². The summed E-state index contributed by atoms with van der Waals surface area (Å²) in [6.45, 7) is 0. The van der Waals surface area contributed by atoms with E-state index in [1.807, 2.05) is 36.5 Å². The first-order valence-corrected chi connectivity index (χ1v) is 6.82. The number of rotatable bonds is 2. The van der Waals surface area contributed by atoms with Gasteiger partial charge in [-0.1, -0.05) is 23.7 Å². The second-order valence-electron chi connectivity index (χ2n) is 4.02. The van der Waals surface area contributed by atoms with Crippen LogP contribution in [0, 0.1) is 0 Å². The number of aromatic nitrogens is 3. The summed E-state index contributed by atoms with van der Waals surface area (Å²) in [6, 6.07) is 9.68. The molecule has 0 spiro atoms. The Morgan fingerprint density at radius 1 is 1.16 bits per heavy atom. The molecule has 3 nitrogen and oxygen atoms in total. The standard InChI is InChI=1S/C14H9BrClN3/c15-14-13(9-2-1-3-11(16)6-9)12(4-5-17-14)10-7-18-19-8-10/h1-8H,(H,18,19). The highest BCUT2D eigenvalue weighted by Gasteiger charge is 2.12. The van der Waals surface area contributed by atoms with Gasteiger partial charge in [-0.05, 0) is 45.3 Å². The van der Waals surface area contributed by atoms with Gasteiger partial charge >= 0.3 is 0 Å². The number of H-pyrrole nitrogens is 1. The number of halogens is 2. The van der Waals surface area contributed by atoms with Crippen LogP contribution in [0.4, 0.5) is 0 Å². The highest BCUT2D eigenvalue weighted by atomic mass is 79.9. The van der Waals surface area contributed by atoms with Crippen molar-refractivity contribution in [2.24, 2.45) is 0 Å². The van der Waals surface area contributed by atoms with E-state index >= 15 is 0 Å². The van der Waals surface area contributed by atoms with Crippen molar-refractivity contribution < 1.29 is 0 Å². The van der Waals surface area contributed by atoms with Crippen molar-refractivity contribution in [2.45, 2.75) is 0 Å². The van der Waals surface area contributed by atoms with E-state index in [-0.39, 0.29) is 0 Å². The van der Waals surface area contributed by atoms with Crippen molar-refractivity contribution >= 4 is 27.5 Å². The molecule has 19 heavy (non-hydrogen) atoms. The lowest BCUT2D eigenvalue weighted by molar-refractivity contribution is 1.09. The molecule has 3 aromatic rings. The molecule has 0 atom stereocenters. The molecule has 2 aromatic heterocycles. The third kappa shape index (κ3) is 2.41. The summed E-state index contributed by atoms with van der Waals surface area (Å²) in [5.74, 6) is 0. The summed E-state index contributed by atoms with van der Waals surface area (Å²) in [4.78, 5) is 4.30. The van der Waals surface area contributed by atoms with Crippen molar-refractivity contribution in [3.63, 3.8) is 0 Å². The molecule has 3 rings (SSSR count). The molecule has 94 valence electrons. The van der Waals surface area contributed by atoms with Crippen molar-refractivity contribution in [3.05, 3.63) is 58.5 Å². The molecule has 1 N–H and O–H groups in total. The second kappa shape index (κ2) is 5.15. The molecule has 0 radical (unpaired) electrons. The van der Waals surface area contributed by atoms with Crippen LogP contribution in [0.5, 0.6) is 0 Å². The maximum Gasteiger partial charge on any atom is 0.114 e. The number of benzene rings is 1. The van der Waals surface area contributed by atoms with Crippen LogP contribution in [0.15, 0.2) is 53.5 Å². The number of pyridine rings is 1. The summed E-state index contributed by atoms with van der Waals surface area (Å²) in [6.07, 6.45) is 5.41. The summed E-state index contributed by atoms with van der Waals surface area (Å²) < 4.78 is 0.786. The maximum atomic E-state index is 6.07. The Balaban J connectivity index is 2.26. The summed E-state index contributed by atoms with van der Waals surface area (Å²) in [7, 11) is 0. The predicted octanol–water partition coefficient (Wildman–Crippen LogP) is 4.55. The minimum absolute atomic E-state index is 0.700. The lowest BCUT2D eigenvalue weighted by Crippen LogP contribution is -1.88. The zero-order valence-corrected chi connectivity index (χ0v) is 12.1. The van der Waals surface area contributed by atoms with E-state index in [4.69, 9.17) is 11.6 Å². The Morgan fingerprint density at radius 2 is 2.05 bits per heavy atom. The molecule has 0 saturated carbocycles. The predicted molar refractivity (Wildman–Crippen MR) is 80.0 cm³/mol. The molecule has 0 aliphatic carbocycles. The van der Waals surface area contributed by atoms with Crippen LogP contribution >= 0.6 is 27.5 Å². The SMILES string of the molecule is Clc1cccc(-c2c(-c3cn[nH]c3)ccnc2Br)c1. The van der Waals surface area contributed by atoms with E-state index in [1.165, 1.54) is 0 Å². The van der Waals surface area contributed by atoms with Gasteiger partial charge in [-0.2, -0.15) is 5.10 Å². The van der Waals surface area contributed by atoms with Gasteiger partial charge < -0.3 is 0 Å². The molecule has 1 aromatic carbocycles. The number of aromatic amines is 1. The fraction of sp³-hybridized carbons (Fsp3) is 0. The van der Waals surface area contributed by atoms with Crippen LogP contribution in [0.1, 0.15) is 0 Å². The summed E-state index contributed by atoms with van der Waals surface area (Å²) >= 11 is 9.58. The molecule has 0 bridgehead atoms. The number of hydrogen-bond donors (Lipinski definition) is 1. The van der Waals surface area contributed by atoms with Crippen molar-refractivity contribution in [2.75, 3.05) is 0 Å². The lowest BCUT2D eigenvalue weighted by atomic mass is 9.99. The Bertz CT molecular complexity index is 710.